The van der Waals surface area contributed by atoms with Crippen LogP contribution < -0.4 is 3.71 Å². The van der Waals surface area contributed by atoms with E-state index in [-0.39, 0.29) is 0 Å². The molecule has 0 aromatic carbocycles. The van der Waals surface area contributed by atoms with Crippen LogP contribution in [0.25, 0.3) is 11.0 Å². The topological polar surface area (TPSA) is 39.9 Å². The van der Waals surface area contributed by atoms with Crippen molar-refractivity contribution in [2.75, 3.05) is 13.2 Å². The van der Waals surface area contributed by atoms with Gasteiger partial charge in [0.05, 0.1) is 0 Å². The summed E-state index contributed by atoms with van der Waals surface area (Å²) in [6.07, 6.45) is 3.99. The van der Waals surface area contributed by atoms with Gasteiger partial charge in [0.2, 0.25) is 0 Å². The molecule has 19 heavy (non-hydrogen) atoms. The Labute approximate surface area is 123 Å². The molecule has 0 N–H and O–H groups in total. The number of hydrogen-bond acceptors (Lipinski definition) is 3. The molecule has 1 aliphatic rings. The first-order valence-corrected chi connectivity index (χ1v) is 10.0. The molecule has 3 heterocycles. The maximum atomic E-state index is 5.45. The first-order chi connectivity index (χ1) is 9.25. The summed E-state index contributed by atoms with van der Waals surface area (Å²) in [6.45, 7) is 6.31. The van der Waals surface area contributed by atoms with Crippen molar-refractivity contribution in [1.82, 2.24) is 14.8 Å². The molecule has 2 aromatic heterocycles. The van der Waals surface area contributed by atoms with Crippen molar-refractivity contribution >= 4 is 35.9 Å². The van der Waals surface area contributed by atoms with Crippen LogP contribution in [-0.2, 0) is 4.74 Å². The third kappa shape index (κ3) is 2.79. The Balaban J connectivity index is 2.03. The van der Waals surface area contributed by atoms with Gasteiger partial charge in [0.15, 0.2) is 0 Å². The van der Waals surface area contributed by atoms with Crippen LogP contribution in [-0.4, -0.2) is 49.1 Å². The van der Waals surface area contributed by atoms with Crippen LogP contribution in [0.15, 0.2) is 18.3 Å². The Morgan fingerprint density at radius 3 is 2.89 bits per heavy atom. The van der Waals surface area contributed by atoms with E-state index in [9.17, 15) is 0 Å². The summed E-state index contributed by atoms with van der Waals surface area (Å²) < 4.78 is 9.77. The predicted octanol–water partition coefficient (Wildman–Crippen LogP) is 1.94. The van der Waals surface area contributed by atoms with Gasteiger partial charge in [-0.2, -0.15) is 0 Å². The third-order valence-electron chi connectivity index (χ3n) is 3.43. The van der Waals surface area contributed by atoms with Gasteiger partial charge in [0.25, 0.3) is 0 Å². The molecule has 1 saturated heterocycles. The zero-order valence-corrected chi connectivity index (χ0v) is 14.3. The SMILES string of the molecule is C[CH](C)[Sn][c]1nn(C2CCOCC2)c2ncccc12. The van der Waals surface area contributed by atoms with Crippen LogP contribution in [0, 0.1) is 0 Å². The molecule has 1 fully saturated rings. The molecule has 0 bridgehead atoms. The Bertz CT molecular complexity index is 561. The zero-order chi connectivity index (χ0) is 13.2. The number of aromatic nitrogens is 3. The molecule has 100 valence electrons. The minimum absolute atomic E-state index is 0.464. The van der Waals surface area contributed by atoms with Crippen molar-refractivity contribution in [3.63, 3.8) is 0 Å². The fourth-order valence-electron chi connectivity index (χ4n) is 2.54. The summed E-state index contributed by atoms with van der Waals surface area (Å²) in [6, 6.07) is 4.68. The molecule has 0 unspecified atom stereocenters. The Kier molecular flexibility index (Phi) is 4.07. The van der Waals surface area contributed by atoms with Gasteiger partial charge >= 0.3 is 124 Å². The first kappa shape index (κ1) is 13.4. The number of pyridine rings is 1. The van der Waals surface area contributed by atoms with Crippen molar-refractivity contribution in [1.29, 1.82) is 0 Å². The van der Waals surface area contributed by atoms with Crippen LogP contribution in [0.5, 0.6) is 0 Å². The van der Waals surface area contributed by atoms with Crippen LogP contribution in [0.3, 0.4) is 0 Å². The van der Waals surface area contributed by atoms with Crippen LogP contribution >= 0.6 is 0 Å². The van der Waals surface area contributed by atoms with Gasteiger partial charge in [0.1, 0.15) is 0 Å². The third-order valence-corrected chi connectivity index (χ3v) is 6.91. The summed E-state index contributed by atoms with van der Waals surface area (Å²) in [5.41, 5.74) is 1.07. The normalized spacial score (nSPS) is 17.4. The molecule has 0 aliphatic carbocycles. The van der Waals surface area contributed by atoms with Gasteiger partial charge in [0, 0.05) is 0 Å². The molecule has 4 nitrogen and oxygen atoms in total. The van der Waals surface area contributed by atoms with E-state index in [2.05, 4.69) is 29.6 Å². The molecule has 5 heteroatoms. The number of fused-ring (bicyclic) bond motifs is 1. The van der Waals surface area contributed by atoms with Crippen LogP contribution in [0.2, 0.25) is 3.93 Å². The second-order valence-corrected chi connectivity index (χ2v) is 10.8. The molecular formula is C14H19N3OSn. The van der Waals surface area contributed by atoms with E-state index in [1.165, 1.54) is 9.10 Å². The first-order valence-electron chi connectivity index (χ1n) is 6.93. The average molecular weight is 364 g/mol. The van der Waals surface area contributed by atoms with Gasteiger partial charge in [-0.05, 0) is 0 Å². The minimum atomic E-state index is -0.614. The summed E-state index contributed by atoms with van der Waals surface area (Å²) in [4.78, 5) is 4.57. The molecule has 1 aliphatic heterocycles. The summed E-state index contributed by atoms with van der Waals surface area (Å²) in [7, 11) is 0. The second-order valence-electron chi connectivity index (χ2n) is 5.31. The maximum absolute atomic E-state index is 5.45. The van der Waals surface area contributed by atoms with E-state index < -0.39 is 21.1 Å². The quantitative estimate of drug-likeness (QED) is 0.782. The Hall–Kier alpha value is -0.621. The monoisotopic (exact) mass is 365 g/mol. The zero-order valence-electron chi connectivity index (χ0n) is 11.5. The fraction of sp³-hybridized carbons (Fsp3) is 0.571. The molecule has 3 rings (SSSR count). The van der Waals surface area contributed by atoms with Gasteiger partial charge in [-0.25, -0.2) is 0 Å². The van der Waals surface area contributed by atoms with Gasteiger partial charge in [-0.15, -0.1) is 0 Å². The van der Waals surface area contributed by atoms with Crippen LogP contribution in [0.1, 0.15) is 32.7 Å². The van der Waals surface area contributed by atoms with Gasteiger partial charge < -0.3 is 0 Å². The number of nitrogens with zero attached hydrogens (tertiary/aromatic N) is 3. The predicted molar refractivity (Wildman–Crippen MR) is 77.1 cm³/mol. The van der Waals surface area contributed by atoms with Crippen LogP contribution in [0.4, 0.5) is 0 Å². The standard InChI is InChI=1S/C11H12N3O.C3H7.Sn/c1-2-9-8-13-14(11(9)12-5-1)10-3-6-15-7-4-10;1-3-2;/h1-2,5,10H,3-4,6-7H2;3H,1-2H3;. The van der Waals surface area contributed by atoms with Crippen molar-refractivity contribution in [2.45, 2.75) is 36.7 Å². The average Bonchev–Trinajstić information content (AvgIpc) is 2.78. The van der Waals surface area contributed by atoms with E-state index >= 15 is 0 Å². The summed E-state index contributed by atoms with van der Waals surface area (Å²) in [5, 5.41) is 6.21. The van der Waals surface area contributed by atoms with E-state index in [0.29, 0.717) is 6.04 Å². The number of rotatable bonds is 3. The van der Waals surface area contributed by atoms with Crippen molar-refractivity contribution in [3.8, 4) is 0 Å². The fourth-order valence-corrected chi connectivity index (χ4v) is 5.57. The van der Waals surface area contributed by atoms with Crippen molar-refractivity contribution < 1.29 is 4.74 Å². The number of ether oxygens (including phenoxy) is 1. The van der Waals surface area contributed by atoms with E-state index in [1.54, 1.807) is 0 Å². The summed E-state index contributed by atoms with van der Waals surface area (Å²) >= 11 is -0.614. The van der Waals surface area contributed by atoms with E-state index in [4.69, 9.17) is 9.84 Å². The van der Waals surface area contributed by atoms with E-state index in [0.717, 1.165) is 35.6 Å². The summed E-state index contributed by atoms with van der Waals surface area (Å²) in [5.74, 6) is 0. The van der Waals surface area contributed by atoms with Gasteiger partial charge in [-0.1, -0.05) is 0 Å². The Morgan fingerprint density at radius 2 is 2.16 bits per heavy atom. The van der Waals surface area contributed by atoms with Crippen molar-refractivity contribution in [3.05, 3.63) is 18.3 Å². The molecule has 0 saturated carbocycles. The van der Waals surface area contributed by atoms with Crippen molar-refractivity contribution in [2.24, 2.45) is 0 Å². The number of hydrogen-bond donors (Lipinski definition) is 0. The molecule has 0 atom stereocenters. The molecule has 0 amide bonds. The second kappa shape index (κ2) is 5.79. The molecular weight excluding hydrogens is 345 g/mol. The molecule has 0 spiro atoms. The molecule has 2 radical (unpaired) electrons. The van der Waals surface area contributed by atoms with Gasteiger partial charge in [-0.3, -0.25) is 0 Å². The van der Waals surface area contributed by atoms with E-state index in [1.807, 2.05) is 12.3 Å². The molecule has 2 aromatic rings. The Morgan fingerprint density at radius 1 is 1.37 bits per heavy atom.